The topological polar surface area (TPSA) is 21.3 Å². The van der Waals surface area contributed by atoms with Crippen LogP contribution in [0.15, 0.2) is 0 Å². The van der Waals surface area contributed by atoms with E-state index in [9.17, 15) is 0 Å². The minimum atomic E-state index is 0.760. The van der Waals surface area contributed by atoms with Crippen LogP contribution in [-0.2, 0) is 4.74 Å². The summed E-state index contributed by atoms with van der Waals surface area (Å²) in [5, 5.41) is 3.71. The fraction of sp³-hybridized carbons (Fsp3) is 1.00. The summed E-state index contributed by atoms with van der Waals surface area (Å²) in [5.74, 6) is 1.71. The summed E-state index contributed by atoms with van der Waals surface area (Å²) in [6.45, 7) is 6.72. The van der Waals surface area contributed by atoms with Gasteiger partial charge in [0.1, 0.15) is 0 Å². The summed E-state index contributed by atoms with van der Waals surface area (Å²) in [6.07, 6.45) is 6.76. The molecule has 2 atom stereocenters. The number of hydrogen-bond acceptors (Lipinski definition) is 2. The first-order valence-corrected chi connectivity index (χ1v) is 6.48. The maximum absolute atomic E-state index is 5.07. The molecule has 15 heavy (non-hydrogen) atoms. The van der Waals surface area contributed by atoms with E-state index in [1.807, 2.05) is 0 Å². The maximum Gasteiger partial charge on any atom is 0.0474 e. The molecule has 90 valence electrons. The van der Waals surface area contributed by atoms with Crippen LogP contribution in [0.4, 0.5) is 0 Å². The molecule has 1 N–H and O–H groups in total. The predicted molar refractivity (Wildman–Crippen MR) is 65.1 cm³/mol. The highest BCUT2D eigenvalue weighted by atomic mass is 16.5. The molecule has 0 radical (unpaired) electrons. The second-order valence-electron chi connectivity index (χ2n) is 5.10. The van der Waals surface area contributed by atoms with Gasteiger partial charge >= 0.3 is 0 Å². The second kappa shape index (κ2) is 7.24. The van der Waals surface area contributed by atoms with Crippen molar-refractivity contribution in [1.29, 1.82) is 0 Å². The van der Waals surface area contributed by atoms with Crippen molar-refractivity contribution in [2.24, 2.45) is 11.8 Å². The van der Waals surface area contributed by atoms with Gasteiger partial charge < -0.3 is 10.1 Å². The SMILES string of the molecule is COCCCNC1CCCCC1C(C)C. The van der Waals surface area contributed by atoms with Crippen LogP contribution in [0.3, 0.4) is 0 Å². The van der Waals surface area contributed by atoms with E-state index in [2.05, 4.69) is 19.2 Å². The van der Waals surface area contributed by atoms with Gasteiger partial charge in [-0.2, -0.15) is 0 Å². The van der Waals surface area contributed by atoms with Gasteiger partial charge in [0.25, 0.3) is 0 Å². The number of nitrogens with one attached hydrogen (secondary N) is 1. The number of hydrogen-bond donors (Lipinski definition) is 1. The molecule has 1 aliphatic rings. The highest BCUT2D eigenvalue weighted by Gasteiger charge is 2.26. The Hall–Kier alpha value is -0.0800. The maximum atomic E-state index is 5.07. The molecule has 0 amide bonds. The Morgan fingerprint density at radius 1 is 1.27 bits per heavy atom. The van der Waals surface area contributed by atoms with E-state index in [1.54, 1.807) is 7.11 Å². The molecular formula is C13H27NO. The van der Waals surface area contributed by atoms with Crippen LogP contribution in [0.2, 0.25) is 0 Å². The van der Waals surface area contributed by atoms with Crippen molar-refractivity contribution in [3.8, 4) is 0 Å². The predicted octanol–water partition coefficient (Wildman–Crippen LogP) is 2.83. The molecule has 0 aromatic rings. The zero-order valence-electron chi connectivity index (χ0n) is 10.6. The van der Waals surface area contributed by atoms with Crippen molar-refractivity contribution in [2.45, 2.75) is 52.0 Å². The second-order valence-corrected chi connectivity index (χ2v) is 5.10. The Kier molecular flexibility index (Phi) is 6.26. The van der Waals surface area contributed by atoms with Crippen molar-refractivity contribution >= 4 is 0 Å². The molecule has 0 spiro atoms. The van der Waals surface area contributed by atoms with Gasteiger partial charge in [0.15, 0.2) is 0 Å². The fourth-order valence-corrected chi connectivity index (χ4v) is 2.71. The Labute approximate surface area is 94.8 Å². The third kappa shape index (κ3) is 4.52. The van der Waals surface area contributed by atoms with Gasteiger partial charge in [0.05, 0.1) is 0 Å². The van der Waals surface area contributed by atoms with Crippen LogP contribution >= 0.6 is 0 Å². The molecular weight excluding hydrogens is 186 g/mol. The smallest absolute Gasteiger partial charge is 0.0474 e. The molecule has 1 fully saturated rings. The van der Waals surface area contributed by atoms with E-state index >= 15 is 0 Å². The third-order valence-electron chi connectivity index (χ3n) is 3.61. The van der Waals surface area contributed by atoms with Gasteiger partial charge in [-0.25, -0.2) is 0 Å². The van der Waals surface area contributed by atoms with Gasteiger partial charge in [-0.3, -0.25) is 0 Å². The zero-order chi connectivity index (χ0) is 11.1. The summed E-state index contributed by atoms with van der Waals surface area (Å²) in [7, 11) is 1.78. The standard InChI is InChI=1S/C13H27NO/c1-11(2)12-7-4-5-8-13(12)14-9-6-10-15-3/h11-14H,4-10H2,1-3H3. The largest absolute Gasteiger partial charge is 0.385 e. The monoisotopic (exact) mass is 213 g/mol. The summed E-state index contributed by atoms with van der Waals surface area (Å²) in [5.41, 5.74) is 0. The average molecular weight is 213 g/mol. The van der Waals surface area contributed by atoms with Crippen LogP contribution in [0.1, 0.15) is 46.0 Å². The lowest BCUT2D eigenvalue weighted by molar-refractivity contribution is 0.178. The van der Waals surface area contributed by atoms with Crippen LogP contribution in [0.5, 0.6) is 0 Å². The van der Waals surface area contributed by atoms with E-state index in [1.165, 1.54) is 25.7 Å². The molecule has 1 rings (SSSR count). The minimum absolute atomic E-state index is 0.760. The first-order chi connectivity index (χ1) is 7.25. The Morgan fingerprint density at radius 3 is 2.67 bits per heavy atom. The zero-order valence-corrected chi connectivity index (χ0v) is 10.6. The first-order valence-electron chi connectivity index (χ1n) is 6.48. The molecule has 1 saturated carbocycles. The fourth-order valence-electron chi connectivity index (χ4n) is 2.71. The molecule has 0 aliphatic heterocycles. The van der Waals surface area contributed by atoms with Gasteiger partial charge in [-0.05, 0) is 37.6 Å². The van der Waals surface area contributed by atoms with Crippen molar-refractivity contribution in [3.63, 3.8) is 0 Å². The molecule has 0 heterocycles. The number of rotatable bonds is 6. The molecule has 2 unspecified atom stereocenters. The molecule has 2 heteroatoms. The van der Waals surface area contributed by atoms with E-state index in [4.69, 9.17) is 4.74 Å². The van der Waals surface area contributed by atoms with Crippen molar-refractivity contribution in [2.75, 3.05) is 20.3 Å². The van der Waals surface area contributed by atoms with Crippen LogP contribution < -0.4 is 5.32 Å². The Morgan fingerprint density at radius 2 is 2.00 bits per heavy atom. The van der Waals surface area contributed by atoms with E-state index < -0.39 is 0 Å². The van der Waals surface area contributed by atoms with Crippen molar-refractivity contribution in [1.82, 2.24) is 5.32 Å². The van der Waals surface area contributed by atoms with Gasteiger partial charge in [-0.1, -0.05) is 26.7 Å². The van der Waals surface area contributed by atoms with Gasteiger partial charge in [0.2, 0.25) is 0 Å². The van der Waals surface area contributed by atoms with Gasteiger partial charge in [0, 0.05) is 19.8 Å². The molecule has 0 bridgehead atoms. The highest BCUT2D eigenvalue weighted by molar-refractivity contribution is 4.82. The molecule has 0 saturated heterocycles. The molecule has 2 nitrogen and oxygen atoms in total. The van der Waals surface area contributed by atoms with Gasteiger partial charge in [-0.15, -0.1) is 0 Å². The third-order valence-corrected chi connectivity index (χ3v) is 3.61. The molecule has 0 aromatic carbocycles. The summed E-state index contributed by atoms with van der Waals surface area (Å²) < 4.78 is 5.07. The van der Waals surface area contributed by atoms with E-state index in [-0.39, 0.29) is 0 Å². The lowest BCUT2D eigenvalue weighted by Gasteiger charge is -2.35. The van der Waals surface area contributed by atoms with Crippen LogP contribution in [-0.4, -0.2) is 26.3 Å². The summed E-state index contributed by atoms with van der Waals surface area (Å²) in [4.78, 5) is 0. The molecule has 1 aliphatic carbocycles. The normalized spacial score (nSPS) is 27.2. The summed E-state index contributed by atoms with van der Waals surface area (Å²) in [6, 6.07) is 0.760. The van der Waals surface area contributed by atoms with E-state index in [0.29, 0.717) is 0 Å². The highest BCUT2D eigenvalue weighted by Crippen LogP contribution is 2.29. The first kappa shape index (κ1) is 13.0. The van der Waals surface area contributed by atoms with E-state index in [0.717, 1.165) is 37.5 Å². The molecule has 0 aromatic heterocycles. The minimum Gasteiger partial charge on any atom is -0.385 e. The van der Waals surface area contributed by atoms with Crippen molar-refractivity contribution < 1.29 is 4.74 Å². The number of ether oxygens (including phenoxy) is 1. The van der Waals surface area contributed by atoms with Crippen molar-refractivity contribution in [3.05, 3.63) is 0 Å². The lowest BCUT2D eigenvalue weighted by atomic mass is 9.78. The average Bonchev–Trinajstić information content (AvgIpc) is 2.25. The van der Waals surface area contributed by atoms with Crippen LogP contribution in [0, 0.1) is 11.8 Å². The Bertz CT molecular complexity index is 159. The Balaban J connectivity index is 2.23. The number of methoxy groups -OCH3 is 1. The van der Waals surface area contributed by atoms with Crippen LogP contribution in [0.25, 0.3) is 0 Å². The summed E-state index contributed by atoms with van der Waals surface area (Å²) >= 11 is 0. The lowest BCUT2D eigenvalue weighted by Crippen LogP contribution is -2.41. The quantitative estimate of drug-likeness (QED) is 0.685.